The summed E-state index contributed by atoms with van der Waals surface area (Å²) < 4.78 is 5.50. The third-order valence-electron chi connectivity index (χ3n) is 6.87. The van der Waals surface area contributed by atoms with Crippen molar-refractivity contribution in [3.8, 4) is 0 Å². The lowest BCUT2D eigenvalue weighted by Crippen LogP contribution is -2.41. The second kappa shape index (κ2) is 6.99. The Hall–Kier alpha value is -1.22. The standard InChI is InChI=1S/C23H32ClNO2/c1-22(2,3)27-21(26)25-12-9-16(10-13-25)4-6-18-15-23(18)11-8-17-5-7-19(24)14-20(17)23/h5,7,14,16,18H,4,6,8-13,15H2,1-3H3. The van der Waals surface area contributed by atoms with Gasteiger partial charge in [0.05, 0.1) is 0 Å². The summed E-state index contributed by atoms with van der Waals surface area (Å²) in [6.45, 7) is 7.47. The molecule has 0 aromatic heterocycles. The van der Waals surface area contributed by atoms with Crippen LogP contribution in [0.4, 0.5) is 4.79 Å². The van der Waals surface area contributed by atoms with Gasteiger partial charge in [-0.25, -0.2) is 4.79 Å². The fraction of sp³-hybridized carbons (Fsp3) is 0.696. The van der Waals surface area contributed by atoms with Gasteiger partial charge in [-0.1, -0.05) is 24.1 Å². The molecule has 0 radical (unpaired) electrons. The van der Waals surface area contributed by atoms with Crippen molar-refractivity contribution >= 4 is 17.7 Å². The molecule has 0 N–H and O–H groups in total. The number of carbonyl (C=O) groups is 1. The summed E-state index contributed by atoms with van der Waals surface area (Å²) in [5, 5.41) is 0.884. The highest BCUT2D eigenvalue weighted by Gasteiger charge is 2.57. The minimum Gasteiger partial charge on any atom is -0.444 e. The van der Waals surface area contributed by atoms with E-state index in [1.807, 2.05) is 31.7 Å². The van der Waals surface area contributed by atoms with Crippen molar-refractivity contribution in [2.24, 2.45) is 11.8 Å². The van der Waals surface area contributed by atoms with Crippen LogP contribution in [0.1, 0.15) is 70.4 Å². The number of hydrogen-bond donors (Lipinski definition) is 0. The van der Waals surface area contributed by atoms with E-state index in [9.17, 15) is 4.79 Å². The van der Waals surface area contributed by atoms with Crippen LogP contribution in [0.15, 0.2) is 18.2 Å². The summed E-state index contributed by atoms with van der Waals surface area (Å²) in [6.07, 6.45) is 8.57. The molecule has 1 saturated heterocycles. The van der Waals surface area contributed by atoms with E-state index in [0.29, 0.717) is 5.41 Å². The lowest BCUT2D eigenvalue weighted by atomic mass is 9.88. The van der Waals surface area contributed by atoms with Gasteiger partial charge in [0, 0.05) is 18.1 Å². The van der Waals surface area contributed by atoms with Crippen LogP contribution in [-0.2, 0) is 16.6 Å². The zero-order valence-electron chi connectivity index (χ0n) is 16.9. The first-order valence-electron chi connectivity index (χ1n) is 10.5. The van der Waals surface area contributed by atoms with E-state index in [-0.39, 0.29) is 6.09 Å². The summed E-state index contributed by atoms with van der Waals surface area (Å²) >= 11 is 6.26. The molecule has 1 aliphatic heterocycles. The van der Waals surface area contributed by atoms with E-state index < -0.39 is 5.60 Å². The third kappa shape index (κ3) is 3.99. The predicted octanol–water partition coefficient (Wildman–Crippen LogP) is 5.97. The maximum atomic E-state index is 12.2. The molecule has 2 fully saturated rings. The molecule has 1 spiro atoms. The average Bonchev–Trinajstić information content (AvgIpc) is 3.20. The van der Waals surface area contributed by atoms with Crippen LogP contribution >= 0.6 is 11.6 Å². The minimum atomic E-state index is -0.408. The Labute approximate surface area is 168 Å². The maximum absolute atomic E-state index is 12.2. The number of aryl methyl sites for hydroxylation is 1. The van der Waals surface area contributed by atoms with E-state index in [4.69, 9.17) is 16.3 Å². The fourth-order valence-electron chi connectivity index (χ4n) is 5.29. The first kappa shape index (κ1) is 19.1. The molecule has 2 atom stereocenters. The van der Waals surface area contributed by atoms with Gasteiger partial charge in [-0.15, -0.1) is 0 Å². The van der Waals surface area contributed by atoms with Gasteiger partial charge in [-0.3, -0.25) is 0 Å². The Kier molecular flexibility index (Phi) is 4.95. The summed E-state index contributed by atoms with van der Waals surface area (Å²) in [5.74, 6) is 1.59. The molecule has 3 aliphatic rings. The summed E-state index contributed by atoms with van der Waals surface area (Å²) in [7, 11) is 0. The van der Waals surface area contributed by atoms with Crippen molar-refractivity contribution < 1.29 is 9.53 Å². The van der Waals surface area contributed by atoms with Crippen molar-refractivity contribution in [3.05, 3.63) is 34.3 Å². The maximum Gasteiger partial charge on any atom is 0.410 e. The van der Waals surface area contributed by atoms with Crippen molar-refractivity contribution in [1.29, 1.82) is 0 Å². The Morgan fingerprint density at radius 1 is 1.26 bits per heavy atom. The molecule has 1 aromatic rings. The SMILES string of the molecule is CC(C)(C)OC(=O)N1CCC(CCC2CC23CCc2ccc(Cl)cc23)CC1. The fourth-order valence-corrected chi connectivity index (χ4v) is 5.46. The Morgan fingerprint density at radius 3 is 2.70 bits per heavy atom. The zero-order chi connectivity index (χ0) is 19.2. The van der Waals surface area contributed by atoms with Crippen LogP contribution in [0.2, 0.25) is 5.02 Å². The number of fused-ring (bicyclic) bond motifs is 2. The number of nitrogens with zero attached hydrogens (tertiary/aromatic N) is 1. The van der Waals surface area contributed by atoms with Gasteiger partial charge in [0.15, 0.2) is 0 Å². The van der Waals surface area contributed by atoms with E-state index in [0.717, 1.165) is 42.8 Å². The van der Waals surface area contributed by atoms with Crippen LogP contribution in [0.25, 0.3) is 0 Å². The van der Waals surface area contributed by atoms with Gasteiger partial charge < -0.3 is 9.64 Å². The molecule has 1 amide bonds. The van der Waals surface area contributed by atoms with Crippen LogP contribution in [0, 0.1) is 11.8 Å². The first-order valence-corrected chi connectivity index (χ1v) is 10.9. The van der Waals surface area contributed by atoms with Gasteiger partial charge in [-0.2, -0.15) is 0 Å². The normalized spacial score (nSPS) is 27.7. The van der Waals surface area contributed by atoms with E-state index >= 15 is 0 Å². The van der Waals surface area contributed by atoms with Crippen LogP contribution in [0.3, 0.4) is 0 Å². The molecule has 2 unspecified atom stereocenters. The molecule has 4 heteroatoms. The highest BCUT2D eigenvalue weighted by Crippen LogP contribution is 2.63. The lowest BCUT2D eigenvalue weighted by Gasteiger charge is -2.33. The number of benzene rings is 1. The smallest absolute Gasteiger partial charge is 0.410 e. The molecule has 148 valence electrons. The van der Waals surface area contributed by atoms with Gasteiger partial charge in [0.1, 0.15) is 5.60 Å². The predicted molar refractivity (Wildman–Crippen MR) is 109 cm³/mol. The van der Waals surface area contributed by atoms with Crippen LogP contribution in [0.5, 0.6) is 0 Å². The van der Waals surface area contributed by atoms with Crippen LogP contribution < -0.4 is 0 Å². The number of hydrogen-bond acceptors (Lipinski definition) is 2. The lowest BCUT2D eigenvalue weighted by molar-refractivity contribution is 0.0180. The van der Waals surface area contributed by atoms with Gasteiger partial charge in [0.25, 0.3) is 0 Å². The topological polar surface area (TPSA) is 29.5 Å². The summed E-state index contributed by atoms with van der Waals surface area (Å²) in [6, 6.07) is 6.49. The van der Waals surface area contributed by atoms with Crippen molar-refractivity contribution in [3.63, 3.8) is 0 Å². The van der Waals surface area contributed by atoms with Crippen molar-refractivity contribution in [1.82, 2.24) is 4.90 Å². The summed E-state index contributed by atoms with van der Waals surface area (Å²) in [5.41, 5.74) is 3.10. The quantitative estimate of drug-likeness (QED) is 0.637. The molecular weight excluding hydrogens is 358 g/mol. The van der Waals surface area contributed by atoms with E-state index in [1.54, 1.807) is 5.56 Å². The highest BCUT2D eigenvalue weighted by atomic mass is 35.5. The first-order chi connectivity index (χ1) is 12.8. The van der Waals surface area contributed by atoms with Gasteiger partial charge in [0.2, 0.25) is 0 Å². The monoisotopic (exact) mass is 389 g/mol. The average molecular weight is 390 g/mol. The molecule has 3 nitrogen and oxygen atoms in total. The molecule has 27 heavy (non-hydrogen) atoms. The number of carbonyl (C=O) groups excluding carboxylic acids is 1. The molecule has 0 bridgehead atoms. The third-order valence-corrected chi connectivity index (χ3v) is 7.11. The number of halogens is 1. The molecule has 2 aliphatic carbocycles. The molecule has 1 saturated carbocycles. The largest absolute Gasteiger partial charge is 0.444 e. The van der Waals surface area contributed by atoms with Gasteiger partial charge in [-0.05, 0) is 99.8 Å². The van der Waals surface area contributed by atoms with Gasteiger partial charge >= 0.3 is 6.09 Å². The highest BCUT2D eigenvalue weighted by molar-refractivity contribution is 6.30. The number of amides is 1. The van der Waals surface area contributed by atoms with E-state index in [2.05, 4.69) is 12.1 Å². The molecule has 1 heterocycles. The molecule has 4 rings (SSSR count). The number of rotatable bonds is 3. The second-order valence-electron chi connectivity index (χ2n) is 9.85. The zero-order valence-corrected chi connectivity index (χ0v) is 17.6. The summed E-state index contributed by atoms with van der Waals surface area (Å²) in [4.78, 5) is 14.1. The number of likely N-dealkylation sites (tertiary alicyclic amines) is 1. The van der Waals surface area contributed by atoms with Crippen molar-refractivity contribution in [2.45, 2.75) is 76.7 Å². The second-order valence-corrected chi connectivity index (χ2v) is 10.3. The molecular formula is C23H32ClNO2. The minimum absolute atomic E-state index is 0.151. The number of piperidine rings is 1. The Morgan fingerprint density at radius 2 is 2.00 bits per heavy atom. The van der Waals surface area contributed by atoms with E-state index in [1.165, 1.54) is 37.7 Å². The Bertz CT molecular complexity index is 718. The Balaban J connectivity index is 1.25. The van der Waals surface area contributed by atoms with Crippen LogP contribution in [-0.4, -0.2) is 29.7 Å². The number of ether oxygens (including phenoxy) is 1. The molecule has 1 aromatic carbocycles. The van der Waals surface area contributed by atoms with Crippen molar-refractivity contribution in [2.75, 3.05) is 13.1 Å².